The fourth-order valence-corrected chi connectivity index (χ4v) is 3.67. The maximum Gasteiger partial charge on any atom is 0.269 e. The number of nitro benzene ring substituents is 1. The Labute approximate surface area is 124 Å². The zero-order chi connectivity index (χ0) is 14.5. The topological polar surface area (TPSA) is 81.0 Å². The van der Waals surface area contributed by atoms with Gasteiger partial charge in [-0.05, 0) is 19.4 Å². The number of thioether (sulfide) groups is 1. The van der Waals surface area contributed by atoms with Gasteiger partial charge in [0.15, 0.2) is 4.34 Å². The first kappa shape index (κ1) is 14.7. The quantitative estimate of drug-likeness (QED) is 0.497. The molecule has 2 aromatic rings. The van der Waals surface area contributed by atoms with Crippen LogP contribution in [0.4, 0.5) is 10.8 Å². The van der Waals surface area contributed by atoms with Gasteiger partial charge in [-0.25, -0.2) is 0 Å². The van der Waals surface area contributed by atoms with Gasteiger partial charge >= 0.3 is 0 Å². The van der Waals surface area contributed by atoms with Crippen LogP contribution in [0.25, 0.3) is 0 Å². The van der Waals surface area contributed by atoms with Crippen molar-refractivity contribution in [1.82, 2.24) is 10.2 Å². The Bertz CT molecular complexity index is 603. The molecule has 0 unspecified atom stereocenters. The first-order valence-electron chi connectivity index (χ1n) is 6.08. The van der Waals surface area contributed by atoms with Crippen LogP contribution in [-0.2, 0) is 0 Å². The predicted molar refractivity (Wildman–Crippen MR) is 81.4 cm³/mol. The zero-order valence-corrected chi connectivity index (χ0v) is 12.7. The highest BCUT2D eigenvalue weighted by Crippen LogP contribution is 2.38. The van der Waals surface area contributed by atoms with Gasteiger partial charge in [-0.1, -0.05) is 35.2 Å². The molecule has 0 fully saturated rings. The molecule has 0 saturated carbocycles. The molecule has 1 heterocycles. The molecular weight excluding hydrogens is 296 g/mol. The fourth-order valence-electron chi connectivity index (χ4n) is 1.59. The van der Waals surface area contributed by atoms with E-state index in [1.165, 1.54) is 17.4 Å². The second-order valence-electron chi connectivity index (χ2n) is 4.02. The summed E-state index contributed by atoms with van der Waals surface area (Å²) in [5.74, 6) is 0. The smallest absolute Gasteiger partial charge is 0.269 e. The number of rotatable bonds is 6. The summed E-state index contributed by atoms with van der Waals surface area (Å²) in [4.78, 5) is 10.4. The van der Waals surface area contributed by atoms with E-state index in [4.69, 9.17) is 0 Å². The van der Waals surface area contributed by atoms with Crippen LogP contribution in [-0.4, -0.2) is 21.7 Å². The van der Waals surface area contributed by atoms with Crippen LogP contribution in [0.3, 0.4) is 0 Å². The molecule has 20 heavy (non-hydrogen) atoms. The van der Waals surface area contributed by atoms with Crippen LogP contribution in [0, 0.1) is 10.1 Å². The summed E-state index contributed by atoms with van der Waals surface area (Å²) in [5.41, 5.74) is 1.02. The lowest BCUT2D eigenvalue weighted by Crippen LogP contribution is -1.94. The van der Waals surface area contributed by atoms with Crippen molar-refractivity contribution in [3.8, 4) is 0 Å². The molecule has 0 radical (unpaired) electrons. The van der Waals surface area contributed by atoms with Crippen LogP contribution >= 0.6 is 23.1 Å². The summed E-state index contributed by atoms with van der Waals surface area (Å²) < 4.78 is 0.847. The molecule has 0 amide bonds. The first-order valence-corrected chi connectivity index (χ1v) is 7.78. The highest BCUT2D eigenvalue weighted by molar-refractivity contribution is 8.01. The van der Waals surface area contributed by atoms with Crippen molar-refractivity contribution in [3.05, 3.63) is 39.9 Å². The Kier molecular flexibility index (Phi) is 4.91. The van der Waals surface area contributed by atoms with Gasteiger partial charge in [-0.3, -0.25) is 10.1 Å². The fraction of sp³-hybridized carbons (Fsp3) is 0.333. The van der Waals surface area contributed by atoms with Crippen molar-refractivity contribution in [2.45, 2.75) is 23.4 Å². The molecule has 8 heteroatoms. The molecule has 0 aliphatic rings. The molecule has 0 spiro atoms. The lowest BCUT2D eigenvalue weighted by molar-refractivity contribution is -0.384. The van der Waals surface area contributed by atoms with Crippen molar-refractivity contribution >= 4 is 33.9 Å². The lowest BCUT2D eigenvalue weighted by atomic mass is 10.1. The first-order chi connectivity index (χ1) is 9.60. The van der Waals surface area contributed by atoms with Gasteiger partial charge in [0.2, 0.25) is 5.13 Å². The van der Waals surface area contributed by atoms with E-state index in [0.717, 1.165) is 21.6 Å². The summed E-state index contributed by atoms with van der Waals surface area (Å²) in [6.07, 6.45) is 0. The minimum atomic E-state index is -0.380. The third kappa shape index (κ3) is 3.67. The van der Waals surface area contributed by atoms with Gasteiger partial charge in [0.1, 0.15) is 0 Å². The van der Waals surface area contributed by atoms with Crippen LogP contribution in [0.5, 0.6) is 0 Å². The number of hydrogen-bond acceptors (Lipinski definition) is 7. The molecule has 1 aromatic heterocycles. The van der Waals surface area contributed by atoms with Crippen molar-refractivity contribution in [2.75, 3.05) is 11.9 Å². The van der Waals surface area contributed by atoms with Crippen LogP contribution in [0.1, 0.15) is 24.7 Å². The van der Waals surface area contributed by atoms with Crippen molar-refractivity contribution < 1.29 is 4.92 Å². The van der Waals surface area contributed by atoms with Gasteiger partial charge in [0.25, 0.3) is 5.69 Å². The summed E-state index contributed by atoms with van der Waals surface area (Å²) in [7, 11) is 0. The van der Waals surface area contributed by atoms with Crippen molar-refractivity contribution in [1.29, 1.82) is 0 Å². The van der Waals surface area contributed by atoms with Gasteiger partial charge in [0, 0.05) is 23.9 Å². The summed E-state index contributed by atoms with van der Waals surface area (Å²) in [6.45, 7) is 4.80. The third-order valence-corrected chi connectivity index (χ3v) is 4.69. The maximum atomic E-state index is 10.8. The number of hydrogen-bond donors (Lipinski definition) is 1. The maximum absolute atomic E-state index is 10.8. The van der Waals surface area contributed by atoms with E-state index < -0.39 is 0 Å². The highest BCUT2D eigenvalue weighted by Gasteiger charge is 2.14. The number of anilines is 1. The Balaban J connectivity index is 2.08. The average Bonchev–Trinajstić information content (AvgIpc) is 2.86. The number of non-ortho nitro benzene ring substituents is 1. The Morgan fingerprint density at radius 1 is 1.50 bits per heavy atom. The highest BCUT2D eigenvalue weighted by atomic mass is 32.2. The van der Waals surface area contributed by atoms with Gasteiger partial charge in [-0.15, -0.1) is 10.2 Å². The van der Waals surface area contributed by atoms with Gasteiger partial charge in [-0.2, -0.15) is 0 Å². The molecule has 1 aromatic carbocycles. The van der Waals surface area contributed by atoms with E-state index in [0.29, 0.717) is 0 Å². The number of benzene rings is 1. The molecule has 2 rings (SSSR count). The molecule has 0 saturated heterocycles. The van der Waals surface area contributed by atoms with Crippen molar-refractivity contribution in [2.24, 2.45) is 0 Å². The van der Waals surface area contributed by atoms with E-state index >= 15 is 0 Å². The van der Waals surface area contributed by atoms with Crippen molar-refractivity contribution in [3.63, 3.8) is 0 Å². The molecule has 106 valence electrons. The Morgan fingerprint density at radius 2 is 2.30 bits per heavy atom. The standard InChI is InChI=1S/C12H14N4O2S2/c1-3-13-11-14-15-12(20-11)19-8(2)9-5-4-6-10(7-9)16(17)18/h4-8H,3H2,1-2H3,(H,13,14)/t8-/m0/s1. The molecule has 6 nitrogen and oxygen atoms in total. The molecular formula is C12H14N4O2S2. The van der Waals surface area contributed by atoms with Crippen LogP contribution < -0.4 is 5.32 Å². The largest absolute Gasteiger partial charge is 0.360 e. The number of nitro groups is 1. The zero-order valence-electron chi connectivity index (χ0n) is 11.1. The SMILES string of the molecule is CCNc1nnc(S[C@@H](C)c2cccc([N+](=O)[O-])c2)s1. The normalized spacial score (nSPS) is 12.1. The van der Waals surface area contributed by atoms with Crippen LogP contribution in [0.15, 0.2) is 28.6 Å². The second-order valence-corrected chi connectivity index (χ2v) is 6.58. The van der Waals surface area contributed by atoms with E-state index in [9.17, 15) is 10.1 Å². The van der Waals surface area contributed by atoms with E-state index in [1.54, 1.807) is 23.9 Å². The lowest BCUT2D eigenvalue weighted by Gasteiger charge is -2.08. The van der Waals surface area contributed by atoms with Crippen LogP contribution in [0.2, 0.25) is 0 Å². The number of nitrogens with zero attached hydrogens (tertiary/aromatic N) is 3. The Morgan fingerprint density at radius 3 is 3.00 bits per heavy atom. The molecule has 1 atom stereocenters. The summed E-state index contributed by atoms with van der Waals surface area (Å²) in [6, 6.07) is 6.69. The number of nitrogens with one attached hydrogen (secondary N) is 1. The summed E-state index contributed by atoms with van der Waals surface area (Å²) >= 11 is 3.03. The molecule has 0 bridgehead atoms. The monoisotopic (exact) mass is 310 g/mol. The van der Waals surface area contributed by atoms with Gasteiger partial charge < -0.3 is 5.32 Å². The molecule has 1 N–H and O–H groups in total. The Hall–Kier alpha value is -1.67. The predicted octanol–water partition coefficient (Wildman–Crippen LogP) is 3.73. The minimum absolute atomic E-state index is 0.0809. The molecule has 0 aliphatic heterocycles. The van der Waals surface area contributed by atoms with Gasteiger partial charge in [0.05, 0.1) is 4.92 Å². The third-order valence-electron chi connectivity index (χ3n) is 2.56. The summed E-state index contributed by atoms with van der Waals surface area (Å²) in [5, 5.41) is 22.9. The van der Waals surface area contributed by atoms with E-state index in [1.807, 2.05) is 19.9 Å². The molecule has 0 aliphatic carbocycles. The second kappa shape index (κ2) is 6.67. The van der Waals surface area contributed by atoms with E-state index in [-0.39, 0.29) is 15.9 Å². The minimum Gasteiger partial charge on any atom is -0.360 e. The average molecular weight is 310 g/mol. The van der Waals surface area contributed by atoms with E-state index in [2.05, 4.69) is 15.5 Å². The number of aromatic nitrogens is 2.